The van der Waals surface area contributed by atoms with Crippen LogP contribution in [-0.2, 0) is 9.53 Å². The Bertz CT molecular complexity index is 578. The summed E-state index contributed by atoms with van der Waals surface area (Å²) in [6.07, 6.45) is 0. The second kappa shape index (κ2) is 5.77. The molecule has 2 rings (SSSR count). The number of rotatable bonds is 3. The third kappa shape index (κ3) is 2.82. The molecule has 0 unspecified atom stereocenters. The summed E-state index contributed by atoms with van der Waals surface area (Å²) in [5.41, 5.74) is 2.90. The van der Waals surface area contributed by atoms with E-state index in [9.17, 15) is 9.59 Å². The quantitative estimate of drug-likeness (QED) is 0.830. The van der Waals surface area contributed by atoms with E-state index >= 15 is 0 Å². The summed E-state index contributed by atoms with van der Waals surface area (Å²) < 4.78 is 5.08. The van der Waals surface area contributed by atoms with Crippen molar-refractivity contribution in [2.45, 2.75) is 26.8 Å². The third-order valence-electron chi connectivity index (χ3n) is 3.14. The largest absolute Gasteiger partial charge is 0.463 e. The van der Waals surface area contributed by atoms with Crippen LogP contribution in [0.4, 0.5) is 4.79 Å². The summed E-state index contributed by atoms with van der Waals surface area (Å²) in [6, 6.07) is 6.90. The lowest BCUT2D eigenvalue weighted by molar-refractivity contribution is -0.139. The number of hydrogen-bond donors (Lipinski definition) is 2. The van der Waals surface area contributed by atoms with Crippen LogP contribution in [0.2, 0.25) is 0 Å². The van der Waals surface area contributed by atoms with E-state index in [0.29, 0.717) is 17.9 Å². The van der Waals surface area contributed by atoms with Gasteiger partial charge in [0.1, 0.15) is 0 Å². The van der Waals surface area contributed by atoms with Gasteiger partial charge in [-0.2, -0.15) is 0 Å². The molecule has 0 aliphatic carbocycles. The highest BCUT2D eigenvalue weighted by molar-refractivity contribution is 5.95. The van der Waals surface area contributed by atoms with Gasteiger partial charge in [-0.05, 0) is 26.3 Å². The predicted molar refractivity (Wildman–Crippen MR) is 74.9 cm³/mol. The fraction of sp³-hybridized carbons (Fsp3) is 0.333. The van der Waals surface area contributed by atoms with Crippen molar-refractivity contribution in [1.29, 1.82) is 0 Å². The second-order valence-corrected chi connectivity index (χ2v) is 4.70. The summed E-state index contributed by atoms with van der Waals surface area (Å²) >= 11 is 0. The molecule has 0 fully saturated rings. The Hall–Kier alpha value is -2.30. The van der Waals surface area contributed by atoms with Gasteiger partial charge in [0.25, 0.3) is 0 Å². The van der Waals surface area contributed by atoms with Crippen LogP contribution in [0.5, 0.6) is 0 Å². The van der Waals surface area contributed by atoms with Crippen LogP contribution in [0.1, 0.15) is 31.0 Å². The van der Waals surface area contributed by atoms with Crippen molar-refractivity contribution in [2.24, 2.45) is 0 Å². The summed E-state index contributed by atoms with van der Waals surface area (Å²) in [7, 11) is 0. The molecule has 0 bridgehead atoms. The van der Waals surface area contributed by atoms with E-state index in [1.54, 1.807) is 13.8 Å². The molecule has 1 heterocycles. The smallest absolute Gasteiger partial charge is 0.338 e. The molecule has 106 valence electrons. The summed E-state index contributed by atoms with van der Waals surface area (Å²) in [5.74, 6) is -0.413. The number of carbonyl (C=O) groups is 2. The maximum atomic E-state index is 12.1. The highest BCUT2D eigenvalue weighted by Gasteiger charge is 2.31. The molecule has 1 atom stereocenters. The highest BCUT2D eigenvalue weighted by atomic mass is 16.5. The van der Waals surface area contributed by atoms with Crippen LogP contribution in [-0.4, -0.2) is 18.6 Å². The predicted octanol–water partition coefficient (Wildman–Crippen LogP) is 2.19. The lowest BCUT2D eigenvalue weighted by Gasteiger charge is -2.28. The van der Waals surface area contributed by atoms with Crippen LogP contribution in [0.15, 0.2) is 35.5 Å². The molecule has 0 spiro atoms. The van der Waals surface area contributed by atoms with Crippen molar-refractivity contribution in [3.8, 4) is 0 Å². The van der Waals surface area contributed by atoms with E-state index in [1.807, 2.05) is 31.2 Å². The Balaban J connectivity index is 2.44. The molecular formula is C15H18N2O3. The molecule has 0 radical (unpaired) electrons. The zero-order valence-corrected chi connectivity index (χ0v) is 11.8. The number of ether oxygens (including phenoxy) is 1. The number of urea groups is 1. The maximum absolute atomic E-state index is 12.1. The molecule has 2 amide bonds. The van der Waals surface area contributed by atoms with Gasteiger partial charge < -0.3 is 15.4 Å². The van der Waals surface area contributed by atoms with Crippen molar-refractivity contribution in [1.82, 2.24) is 10.6 Å². The van der Waals surface area contributed by atoms with Crippen molar-refractivity contribution < 1.29 is 14.3 Å². The van der Waals surface area contributed by atoms with Gasteiger partial charge >= 0.3 is 12.0 Å². The Morgan fingerprint density at radius 2 is 2.10 bits per heavy atom. The Kier molecular flexibility index (Phi) is 4.08. The number of hydrogen-bond acceptors (Lipinski definition) is 3. The normalized spacial score (nSPS) is 18.4. The van der Waals surface area contributed by atoms with Gasteiger partial charge in [-0.25, -0.2) is 9.59 Å². The average molecular weight is 274 g/mol. The number of benzene rings is 1. The SMILES string of the molecule is CCOC(=O)C1=C(C)NC(=O)N[C@@H]1c1cccc(C)c1. The Morgan fingerprint density at radius 3 is 2.75 bits per heavy atom. The number of carbonyl (C=O) groups excluding carboxylic acids is 2. The zero-order valence-electron chi connectivity index (χ0n) is 11.8. The van der Waals surface area contributed by atoms with Crippen molar-refractivity contribution >= 4 is 12.0 Å². The minimum Gasteiger partial charge on any atom is -0.463 e. The van der Waals surface area contributed by atoms with E-state index in [4.69, 9.17) is 4.74 Å². The molecule has 1 aliphatic rings. The van der Waals surface area contributed by atoms with Gasteiger partial charge in [-0.15, -0.1) is 0 Å². The van der Waals surface area contributed by atoms with Crippen LogP contribution in [0.3, 0.4) is 0 Å². The standard InChI is InChI=1S/C15H18N2O3/c1-4-20-14(18)12-10(3)16-15(19)17-13(12)11-7-5-6-9(2)8-11/h5-8,13H,4H2,1-3H3,(H2,16,17,19)/t13-/m1/s1. The van der Waals surface area contributed by atoms with E-state index in [1.165, 1.54) is 0 Å². The van der Waals surface area contributed by atoms with Gasteiger partial charge in [0.2, 0.25) is 0 Å². The van der Waals surface area contributed by atoms with E-state index in [-0.39, 0.29) is 6.03 Å². The summed E-state index contributed by atoms with van der Waals surface area (Å²) in [5, 5.41) is 5.38. The molecule has 0 saturated heterocycles. The second-order valence-electron chi connectivity index (χ2n) is 4.70. The average Bonchev–Trinajstić information content (AvgIpc) is 2.37. The number of aryl methyl sites for hydroxylation is 1. The van der Waals surface area contributed by atoms with Crippen LogP contribution < -0.4 is 10.6 Å². The molecule has 1 aromatic rings. The molecule has 5 nitrogen and oxygen atoms in total. The van der Waals surface area contributed by atoms with Crippen LogP contribution >= 0.6 is 0 Å². The molecule has 5 heteroatoms. The highest BCUT2D eigenvalue weighted by Crippen LogP contribution is 2.27. The third-order valence-corrected chi connectivity index (χ3v) is 3.14. The van der Waals surface area contributed by atoms with Gasteiger partial charge in [0.15, 0.2) is 0 Å². The van der Waals surface area contributed by atoms with Crippen molar-refractivity contribution in [2.75, 3.05) is 6.61 Å². The summed E-state index contributed by atoms with van der Waals surface area (Å²) in [6.45, 7) is 5.72. The van der Waals surface area contributed by atoms with E-state index in [2.05, 4.69) is 10.6 Å². The molecule has 0 saturated carbocycles. The fourth-order valence-corrected chi connectivity index (χ4v) is 2.27. The maximum Gasteiger partial charge on any atom is 0.338 e. The molecule has 20 heavy (non-hydrogen) atoms. The Morgan fingerprint density at radius 1 is 1.35 bits per heavy atom. The van der Waals surface area contributed by atoms with Crippen LogP contribution in [0, 0.1) is 6.92 Å². The lowest BCUT2D eigenvalue weighted by atomic mass is 9.94. The van der Waals surface area contributed by atoms with Crippen molar-refractivity contribution in [3.05, 3.63) is 46.7 Å². The Labute approximate surface area is 118 Å². The summed E-state index contributed by atoms with van der Waals surface area (Å²) in [4.78, 5) is 23.8. The molecular weight excluding hydrogens is 256 g/mol. The molecule has 2 N–H and O–H groups in total. The number of nitrogens with one attached hydrogen (secondary N) is 2. The number of amides is 2. The first-order valence-corrected chi connectivity index (χ1v) is 6.55. The zero-order chi connectivity index (χ0) is 14.7. The van der Waals surface area contributed by atoms with E-state index < -0.39 is 12.0 Å². The molecule has 1 aliphatic heterocycles. The fourth-order valence-electron chi connectivity index (χ4n) is 2.27. The molecule has 0 aromatic heterocycles. The minimum atomic E-state index is -0.484. The van der Waals surface area contributed by atoms with Gasteiger partial charge in [0, 0.05) is 5.70 Å². The first-order chi connectivity index (χ1) is 9.52. The van der Waals surface area contributed by atoms with E-state index in [0.717, 1.165) is 11.1 Å². The number of esters is 1. The number of allylic oxidation sites excluding steroid dienone is 1. The first kappa shape index (κ1) is 14.1. The first-order valence-electron chi connectivity index (χ1n) is 6.55. The molecule has 1 aromatic carbocycles. The van der Waals surface area contributed by atoms with Gasteiger partial charge in [-0.1, -0.05) is 29.8 Å². The monoisotopic (exact) mass is 274 g/mol. The topological polar surface area (TPSA) is 67.4 Å². The van der Waals surface area contributed by atoms with Crippen molar-refractivity contribution in [3.63, 3.8) is 0 Å². The van der Waals surface area contributed by atoms with Gasteiger partial charge in [-0.3, -0.25) is 0 Å². The van der Waals surface area contributed by atoms with Crippen LogP contribution in [0.25, 0.3) is 0 Å². The lowest BCUT2D eigenvalue weighted by Crippen LogP contribution is -2.45. The minimum absolute atomic E-state index is 0.296. The van der Waals surface area contributed by atoms with Gasteiger partial charge in [0.05, 0.1) is 18.2 Å².